The van der Waals surface area contributed by atoms with Crippen molar-refractivity contribution in [2.75, 3.05) is 0 Å². The van der Waals surface area contributed by atoms with Gasteiger partial charge in [-0.3, -0.25) is 15.2 Å². The number of rotatable bonds is 1. The molecule has 0 fully saturated rings. The second-order valence-corrected chi connectivity index (χ2v) is 3.61. The molecule has 2 N–H and O–H groups in total. The van der Waals surface area contributed by atoms with Gasteiger partial charge in [0.1, 0.15) is 0 Å². The first-order chi connectivity index (χ1) is 6.27. The Morgan fingerprint density at radius 2 is 2.23 bits per heavy atom. The minimum Gasteiger partial charge on any atom is -0.282 e. The Bertz CT molecular complexity index is 475. The Kier molecular flexibility index (Phi) is 2.24. The van der Waals surface area contributed by atoms with E-state index in [9.17, 15) is 0 Å². The Morgan fingerprint density at radius 1 is 1.38 bits per heavy atom. The van der Waals surface area contributed by atoms with Crippen molar-refractivity contribution in [2.45, 2.75) is 0 Å². The highest BCUT2D eigenvalue weighted by Gasteiger charge is 2.04. The molecule has 0 saturated carbocycles. The third kappa shape index (κ3) is 1.68. The van der Waals surface area contributed by atoms with Gasteiger partial charge in [-0.1, -0.05) is 0 Å². The van der Waals surface area contributed by atoms with Crippen LogP contribution in [-0.2, 0) is 0 Å². The predicted octanol–water partition coefficient (Wildman–Crippen LogP) is 2.29. The molecule has 0 saturated heterocycles. The van der Waals surface area contributed by atoms with Crippen LogP contribution in [0.3, 0.4) is 0 Å². The van der Waals surface area contributed by atoms with E-state index >= 15 is 0 Å². The van der Waals surface area contributed by atoms with Crippen LogP contribution in [0.15, 0.2) is 22.9 Å². The fraction of sp³-hybridized carbons (Fsp3) is 0. The molecule has 0 aliphatic carbocycles. The average molecular weight is 257 g/mol. The molecule has 0 atom stereocenters. The summed E-state index contributed by atoms with van der Waals surface area (Å²) in [7, 11) is 0. The lowest BCUT2D eigenvalue weighted by atomic mass is 10.2. The monoisotopic (exact) mass is 256 g/mol. The van der Waals surface area contributed by atoms with E-state index in [1.807, 2.05) is 6.07 Å². The molecular formula is C7H5BrN4S. The minimum atomic E-state index is 0.443. The van der Waals surface area contributed by atoms with Gasteiger partial charge in [0.2, 0.25) is 4.77 Å². The zero-order valence-electron chi connectivity index (χ0n) is 6.41. The molecule has 2 aromatic heterocycles. The van der Waals surface area contributed by atoms with Crippen LogP contribution >= 0.6 is 28.1 Å². The van der Waals surface area contributed by atoms with Crippen molar-refractivity contribution in [3.63, 3.8) is 0 Å². The summed E-state index contributed by atoms with van der Waals surface area (Å²) >= 11 is 8.22. The summed E-state index contributed by atoms with van der Waals surface area (Å²) in [4.78, 5) is 8.04. The van der Waals surface area contributed by atoms with Gasteiger partial charge < -0.3 is 0 Å². The molecule has 0 spiro atoms. The highest BCUT2D eigenvalue weighted by atomic mass is 79.9. The molecule has 2 rings (SSSR count). The van der Waals surface area contributed by atoms with Crippen molar-refractivity contribution in [2.24, 2.45) is 0 Å². The quantitative estimate of drug-likeness (QED) is 0.770. The maximum absolute atomic E-state index is 4.85. The summed E-state index contributed by atoms with van der Waals surface area (Å²) in [6.07, 6.45) is 3.41. The largest absolute Gasteiger partial charge is 0.282 e. The maximum atomic E-state index is 4.85. The van der Waals surface area contributed by atoms with E-state index in [0.717, 1.165) is 10.0 Å². The molecule has 0 aliphatic heterocycles. The number of aromatic amines is 2. The summed E-state index contributed by atoms with van der Waals surface area (Å²) in [6, 6.07) is 1.85. The number of pyridine rings is 1. The molecule has 0 amide bonds. The Labute approximate surface area is 87.6 Å². The Balaban J connectivity index is 2.58. The summed E-state index contributed by atoms with van der Waals surface area (Å²) in [5.41, 5.74) is 0.933. The van der Waals surface area contributed by atoms with Gasteiger partial charge in [0.05, 0.1) is 0 Å². The normalized spacial score (nSPS) is 10.2. The standard InChI is InChI=1S/C7H5BrN4S/c8-5-3-9-2-1-4(5)6-10-7(13)12-11-6/h1-3H,(H2,10,11,12,13). The second kappa shape index (κ2) is 3.39. The van der Waals surface area contributed by atoms with Crippen LogP contribution in [0.2, 0.25) is 0 Å². The molecule has 0 radical (unpaired) electrons. The van der Waals surface area contributed by atoms with Crippen molar-refractivity contribution >= 4 is 28.1 Å². The summed E-state index contributed by atoms with van der Waals surface area (Å²) in [6.45, 7) is 0. The van der Waals surface area contributed by atoms with Crippen LogP contribution < -0.4 is 0 Å². The minimum absolute atomic E-state index is 0.443. The highest BCUT2D eigenvalue weighted by molar-refractivity contribution is 9.10. The van der Waals surface area contributed by atoms with Gasteiger partial charge in [-0.15, -0.1) is 0 Å². The van der Waals surface area contributed by atoms with Crippen molar-refractivity contribution in [3.05, 3.63) is 27.7 Å². The van der Waals surface area contributed by atoms with E-state index in [-0.39, 0.29) is 0 Å². The predicted molar refractivity (Wildman–Crippen MR) is 54.7 cm³/mol. The number of halogens is 1. The molecule has 0 unspecified atom stereocenters. The number of hydrogen-bond donors (Lipinski definition) is 2. The van der Waals surface area contributed by atoms with Gasteiger partial charge in [0, 0.05) is 22.4 Å². The first-order valence-corrected chi connectivity index (χ1v) is 4.72. The van der Waals surface area contributed by atoms with Gasteiger partial charge in [0.25, 0.3) is 0 Å². The highest BCUT2D eigenvalue weighted by Crippen LogP contribution is 2.23. The number of nitrogens with one attached hydrogen (secondary N) is 2. The molecule has 66 valence electrons. The summed E-state index contributed by atoms with van der Waals surface area (Å²) in [5, 5.41) is 5.60. The van der Waals surface area contributed by atoms with Gasteiger partial charge in [-0.25, -0.2) is 0 Å². The smallest absolute Gasteiger partial charge is 0.213 e. The second-order valence-electron chi connectivity index (χ2n) is 2.37. The van der Waals surface area contributed by atoms with Crippen molar-refractivity contribution < 1.29 is 0 Å². The lowest BCUT2D eigenvalue weighted by Crippen LogP contribution is -1.83. The molecule has 0 aliphatic rings. The van der Waals surface area contributed by atoms with Crippen molar-refractivity contribution in [1.82, 2.24) is 20.2 Å². The Morgan fingerprint density at radius 3 is 2.85 bits per heavy atom. The van der Waals surface area contributed by atoms with Crippen LogP contribution in [0.5, 0.6) is 0 Å². The van der Waals surface area contributed by atoms with E-state index in [4.69, 9.17) is 12.2 Å². The number of aromatic nitrogens is 4. The number of hydrogen-bond acceptors (Lipinski definition) is 3. The van der Waals surface area contributed by atoms with Crippen molar-refractivity contribution in [1.29, 1.82) is 0 Å². The molecule has 6 heteroatoms. The van der Waals surface area contributed by atoms with E-state index in [0.29, 0.717) is 10.6 Å². The molecule has 13 heavy (non-hydrogen) atoms. The summed E-state index contributed by atoms with van der Waals surface area (Å²) in [5.74, 6) is 0.708. The molecular weight excluding hydrogens is 252 g/mol. The Hall–Kier alpha value is -1.01. The first kappa shape index (κ1) is 8.58. The van der Waals surface area contributed by atoms with Crippen LogP contribution in [-0.4, -0.2) is 20.2 Å². The topological polar surface area (TPSA) is 57.4 Å². The lowest BCUT2D eigenvalue weighted by molar-refractivity contribution is 1.08. The van der Waals surface area contributed by atoms with Gasteiger partial charge in [-0.05, 0) is 34.2 Å². The molecule has 2 heterocycles. The van der Waals surface area contributed by atoms with Crippen LogP contribution in [0.4, 0.5) is 0 Å². The van der Waals surface area contributed by atoms with Gasteiger partial charge >= 0.3 is 0 Å². The van der Waals surface area contributed by atoms with E-state index in [1.165, 1.54) is 0 Å². The number of nitrogens with zero attached hydrogens (tertiary/aromatic N) is 2. The molecule has 4 nitrogen and oxygen atoms in total. The first-order valence-electron chi connectivity index (χ1n) is 3.52. The third-order valence-electron chi connectivity index (χ3n) is 1.53. The molecule has 0 aromatic carbocycles. The van der Waals surface area contributed by atoms with Gasteiger partial charge in [-0.2, -0.15) is 4.98 Å². The summed E-state index contributed by atoms with van der Waals surface area (Å²) < 4.78 is 1.33. The van der Waals surface area contributed by atoms with E-state index < -0.39 is 0 Å². The van der Waals surface area contributed by atoms with Crippen LogP contribution in [0, 0.1) is 4.77 Å². The molecule has 0 bridgehead atoms. The number of H-pyrrole nitrogens is 2. The third-order valence-corrected chi connectivity index (χ3v) is 2.35. The maximum Gasteiger partial charge on any atom is 0.213 e. The fourth-order valence-electron chi connectivity index (χ4n) is 0.965. The van der Waals surface area contributed by atoms with E-state index in [2.05, 4.69) is 36.1 Å². The zero-order chi connectivity index (χ0) is 9.26. The van der Waals surface area contributed by atoms with Crippen LogP contribution in [0.1, 0.15) is 0 Å². The lowest BCUT2D eigenvalue weighted by Gasteiger charge is -1.97. The fourth-order valence-corrected chi connectivity index (χ4v) is 1.55. The van der Waals surface area contributed by atoms with Crippen molar-refractivity contribution in [3.8, 4) is 11.4 Å². The average Bonchev–Trinajstić information content (AvgIpc) is 2.53. The van der Waals surface area contributed by atoms with E-state index in [1.54, 1.807) is 12.4 Å². The molecule has 2 aromatic rings. The SMILES string of the molecule is S=c1nc(-c2ccncc2Br)[nH][nH]1. The van der Waals surface area contributed by atoms with Gasteiger partial charge in [0.15, 0.2) is 5.82 Å². The zero-order valence-corrected chi connectivity index (χ0v) is 8.82. The van der Waals surface area contributed by atoms with Crippen LogP contribution in [0.25, 0.3) is 11.4 Å².